The van der Waals surface area contributed by atoms with Crippen LogP contribution >= 0.6 is 15.9 Å². The van der Waals surface area contributed by atoms with Gasteiger partial charge in [0.15, 0.2) is 0 Å². The Morgan fingerprint density at radius 3 is 2.53 bits per heavy atom. The zero-order valence-corrected chi connectivity index (χ0v) is 12.2. The van der Waals surface area contributed by atoms with Crippen LogP contribution in [0.4, 0.5) is 5.69 Å². The molecule has 0 aromatic heterocycles. The van der Waals surface area contributed by atoms with Crippen molar-refractivity contribution in [1.82, 2.24) is 0 Å². The molecule has 0 aliphatic carbocycles. The quantitative estimate of drug-likeness (QED) is 0.910. The zero-order chi connectivity index (χ0) is 13.8. The van der Waals surface area contributed by atoms with Gasteiger partial charge in [0.1, 0.15) is 0 Å². The fourth-order valence-electron chi connectivity index (χ4n) is 1.72. The molecule has 0 bridgehead atoms. The van der Waals surface area contributed by atoms with Gasteiger partial charge in [-0.3, -0.25) is 4.79 Å². The molecule has 98 valence electrons. The van der Waals surface area contributed by atoms with Crippen LogP contribution in [-0.4, -0.2) is 5.91 Å². The Kier molecular flexibility index (Phi) is 4.35. The number of hydrogen-bond acceptors (Lipinski definition) is 2. The number of hydrogen-bond donors (Lipinski definition) is 2. The number of halogens is 1. The molecular formula is C15H15BrN2O. The van der Waals surface area contributed by atoms with E-state index in [-0.39, 0.29) is 5.91 Å². The standard InChI is InChI=1S/C15H15BrN2O/c1-10-2-7-13(16)14(8-10)18-15(19)12-5-3-11(9-17)4-6-12/h2-8H,9,17H2,1H3,(H,18,19). The van der Waals surface area contributed by atoms with Crippen LogP contribution in [0, 0.1) is 6.92 Å². The van der Waals surface area contributed by atoms with Crippen molar-refractivity contribution >= 4 is 27.5 Å². The third-order valence-electron chi connectivity index (χ3n) is 2.82. The van der Waals surface area contributed by atoms with E-state index >= 15 is 0 Å². The largest absolute Gasteiger partial charge is 0.326 e. The molecule has 0 aliphatic heterocycles. The molecular weight excluding hydrogens is 304 g/mol. The maximum Gasteiger partial charge on any atom is 0.255 e. The van der Waals surface area contributed by atoms with E-state index in [2.05, 4.69) is 21.2 Å². The van der Waals surface area contributed by atoms with E-state index in [9.17, 15) is 4.79 Å². The molecule has 3 nitrogen and oxygen atoms in total. The lowest BCUT2D eigenvalue weighted by molar-refractivity contribution is 0.102. The molecule has 0 spiro atoms. The van der Waals surface area contributed by atoms with Gasteiger partial charge in [0.25, 0.3) is 5.91 Å². The van der Waals surface area contributed by atoms with Gasteiger partial charge in [-0.15, -0.1) is 0 Å². The molecule has 0 saturated carbocycles. The second kappa shape index (κ2) is 5.99. The molecule has 0 fully saturated rings. The average molecular weight is 319 g/mol. The van der Waals surface area contributed by atoms with Gasteiger partial charge >= 0.3 is 0 Å². The molecule has 0 saturated heterocycles. The van der Waals surface area contributed by atoms with Crippen molar-refractivity contribution < 1.29 is 4.79 Å². The minimum atomic E-state index is -0.130. The Labute approximate surface area is 121 Å². The van der Waals surface area contributed by atoms with E-state index in [0.29, 0.717) is 12.1 Å². The van der Waals surface area contributed by atoms with Crippen LogP contribution in [0.15, 0.2) is 46.9 Å². The monoisotopic (exact) mass is 318 g/mol. The molecule has 2 aromatic rings. The number of anilines is 1. The normalized spacial score (nSPS) is 10.3. The van der Waals surface area contributed by atoms with E-state index in [1.54, 1.807) is 12.1 Å². The van der Waals surface area contributed by atoms with Gasteiger partial charge in [-0.2, -0.15) is 0 Å². The summed E-state index contributed by atoms with van der Waals surface area (Å²) in [6.45, 7) is 2.46. The molecule has 1 amide bonds. The molecule has 0 heterocycles. The minimum absolute atomic E-state index is 0.130. The Morgan fingerprint density at radius 1 is 1.21 bits per heavy atom. The molecule has 2 rings (SSSR count). The molecule has 0 radical (unpaired) electrons. The first-order valence-electron chi connectivity index (χ1n) is 5.96. The molecule has 2 aromatic carbocycles. The lowest BCUT2D eigenvalue weighted by atomic mass is 10.1. The number of amides is 1. The fourth-order valence-corrected chi connectivity index (χ4v) is 2.07. The van der Waals surface area contributed by atoms with Crippen molar-refractivity contribution in [3.63, 3.8) is 0 Å². The van der Waals surface area contributed by atoms with Crippen molar-refractivity contribution in [3.8, 4) is 0 Å². The fraction of sp³-hybridized carbons (Fsp3) is 0.133. The van der Waals surface area contributed by atoms with Crippen LogP contribution in [-0.2, 0) is 6.54 Å². The van der Waals surface area contributed by atoms with Crippen LogP contribution < -0.4 is 11.1 Å². The summed E-state index contributed by atoms with van der Waals surface area (Å²) in [6.07, 6.45) is 0. The van der Waals surface area contributed by atoms with Crippen molar-refractivity contribution in [2.45, 2.75) is 13.5 Å². The second-order valence-electron chi connectivity index (χ2n) is 4.34. The molecule has 0 aliphatic rings. The topological polar surface area (TPSA) is 55.1 Å². The number of carbonyl (C=O) groups excluding carboxylic acids is 1. The lowest BCUT2D eigenvalue weighted by Gasteiger charge is -2.08. The first-order valence-corrected chi connectivity index (χ1v) is 6.76. The summed E-state index contributed by atoms with van der Waals surface area (Å²) in [5, 5.41) is 2.89. The second-order valence-corrected chi connectivity index (χ2v) is 5.19. The van der Waals surface area contributed by atoms with Crippen LogP contribution in [0.3, 0.4) is 0 Å². The molecule has 4 heteroatoms. The first-order chi connectivity index (χ1) is 9.10. The van der Waals surface area contributed by atoms with Crippen molar-refractivity contribution in [2.24, 2.45) is 5.73 Å². The Morgan fingerprint density at radius 2 is 1.89 bits per heavy atom. The highest BCUT2D eigenvalue weighted by atomic mass is 79.9. The van der Waals surface area contributed by atoms with E-state index < -0.39 is 0 Å². The zero-order valence-electron chi connectivity index (χ0n) is 10.6. The predicted molar refractivity (Wildman–Crippen MR) is 81.2 cm³/mol. The van der Waals surface area contributed by atoms with Crippen molar-refractivity contribution in [2.75, 3.05) is 5.32 Å². The summed E-state index contributed by atoms with van der Waals surface area (Å²) in [7, 11) is 0. The predicted octanol–water partition coefficient (Wildman–Crippen LogP) is 3.47. The van der Waals surface area contributed by atoms with Crippen LogP contribution in [0.5, 0.6) is 0 Å². The molecule has 19 heavy (non-hydrogen) atoms. The third-order valence-corrected chi connectivity index (χ3v) is 3.51. The van der Waals surface area contributed by atoms with Gasteiger partial charge in [0.05, 0.1) is 5.69 Å². The van der Waals surface area contributed by atoms with Crippen molar-refractivity contribution in [3.05, 3.63) is 63.6 Å². The SMILES string of the molecule is Cc1ccc(Br)c(NC(=O)c2ccc(CN)cc2)c1. The molecule has 3 N–H and O–H groups in total. The highest BCUT2D eigenvalue weighted by Crippen LogP contribution is 2.23. The van der Waals surface area contributed by atoms with E-state index in [1.807, 2.05) is 37.3 Å². The van der Waals surface area contributed by atoms with Gasteiger partial charge in [0.2, 0.25) is 0 Å². The summed E-state index contributed by atoms with van der Waals surface area (Å²) < 4.78 is 0.866. The van der Waals surface area contributed by atoms with Crippen LogP contribution in [0.2, 0.25) is 0 Å². The molecule has 0 unspecified atom stereocenters. The van der Waals surface area contributed by atoms with E-state index in [4.69, 9.17) is 5.73 Å². The van der Waals surface area contributed by atoms with E-state index in [1.165, 1.54) is 0 Å². The van der Waals surface area contributed by atoms with Crippen molar-refractivity contribution in [1.29, 1.82) is 0 Å². The van der Waals surface area contributed by atoms with Gasteiger partial charge < -0.3 is 11.1 Å². The Bertz CT molecular complexity index is 594. The smallest absolute Gasteiger partial charge is 0.255 e. The number of carbonyl (C=O) groups is 1. The van der Waals surface area contributed by atoms with Gasteiger partial charge in [-0.05, 0) is 58.2 Å². The maximum atomic E-state index is 12.1. The number of benzene rings is 2. The summed E-state index contributed by atoms with van der Waals surface area (Å²) in [6, 6.07) is 13.1. The third kappa shape index (κ3) is 3.43. The number of nitrogens with one attached hydrogen (secondary N) is 1. The highest BCUT2D eigenvalue weighted by Gasteiger charge is 2.08. The van der Waals surface area contributed by atoms with Gasteiger partial charge in [-0.25, -0.2) is 0 Å². The van der Waals surface area contributed by atoms with Crippen LogP contribution in [0.1, 0.15) is 21.5 Å². The summed E-state index contributed by atoms with van der Waals surface area (Å²) in [4.78, 5) is 12.1. The highest BCUT2D eigenvalue weighted by molar-refractivity contribution is 9.10. The molecule has 0 atom stereocenters. The number of rotatable bonds is 3. The van der Waals surface area contributed by atoms with Gasteiger partial charge in [-0.1, -0.05) is 18.2 Å². The summed E-state index contributed by atoms with van der Waals surface area (Å²) >= 11 is 3.42. The lowest BCUT2D eigenvalue weighted by Crippen LogP contribution is -2.12. The maximum absolute atomic E-state index is 12.1. The average Bonchev–Trinajstić information content (AvgIpc) is 2.43. The number of aryl methyl sites for hydroxylation is 1. The Balaban J connectivity index is 2.18. The minimum Gasteiger partial charge on any atom is -0.326 e. The van der Waals surface area contributed by atoms with Crippen LogP contribution in [0.25, 0.3) is 0 Å². The Hall–Kier alpha value is -1.65. The first kappa shape index (κ1) is 13.8. The number of nitrogens with two attached hydrogens (primary N) is 1. The summed E-state index contributed by atoms with van der Waals surface area (Å²) in [5.74, 6) is -0.130. The van der Waals surface area contributed by atoms with Gasteiger partial charge in [0, 0.05) is 16.6 Å². The van der Waals surface area contributed by atoms with E-state index in [0.717, 1.165) is 21.3 Å². The summed E-state index contributed by atoms with van der Waals surface area (Å²) in [5.41, 5.74) is 9.02.